The summed E-state index contributed by atoms with van der Waals surface area (Å²) in [7, 11) is 0. The second-order valence-corrected chi connectivity index (χ2v) is 4.70. The van der Waals surface area contributed by atoms with Gasteiger partial charge in [0.1, 0.15) is 5.15 Å². The summed E-state index contributed by atoms with van der Waals surface area (Å²) in [4.78, 5) is 15.8. The Morgan fingerprint density at radius 3 is 2.88 bits per heavy atom. The SMILES string of the molecule is Cc1nc(Cl)ccc1NC(=O)CC1CCC1. The third kappa shape index (κ3) is 2.73. The van der Waals surface area contributed by atoms with E-state index < -0.39 is 0 Å². The number of amides is 1. The molecule has 0 unspecified atom stereocenters. The molecule has 0 spiro atoms. The molecule has 1 saturated carbocycles. The Kier molecular flexibility index (Phi) is 3.44. The van der Waals surface area contributed by atoms with Crippen LogP contribution in [0.15, 0.2) is 12.1 Å². The number of carbonyl (C=O) groups is 1. The largest absolute Gasteiger partial charge is 0.324 e. The first kappa shape index (κ1) is 11.4. The van der Waals surface area contributed by atoms with Gasteiger partial charge in [-0.2, -0.15) is 0 Å². The highest BCUT2D eigenvalue weighted by molar-refractivity contribution is 6.29. The van der Waals surface area contributed by atoms with Crippen LogP contribution in [0.4, 0.5) is 5.69 Å². The van der Waals surface area contributed by atoms with Crippen LogP contribution in [-0.4, -0.2) is 10.9 Å². The monoisotopic (exact) mass is 238 g/mol. The minimum Gasteiger partial charge on any atom is -0.324 e. The number of anilines is 1. The summed E-state index contributed by atoms with van der Waals surface area (Å²) in [5.74, 6) is 0.664. The Balaban J connectivity index is 1.94. The maximum Gasteiger partial charge on any atom is 0.224 e. The molecule has 0 bridgehead atoms. The normalized spacial score (nSPS) is 15.6. The van der Waals surface area contributed by atoms with Crippen LogP contribution in [0.5, 0.6) is 0 Å². The van der Waals surface area contributed by atoms with Crippen LogP contribution in [0.3, 0.4) is 0 Å². The number of hydrogen-bond acceptors (Lipinski definition) is 2. The second kappa shape index (κ2) is 4.83. The van der Waals surface area contributed by atoms with Crippen LogP contribution in [-0.2, 0) is 4.79 Å². The van der Waals surface area contributed by atoms with E-state index in [4.69, 9.17) is 11.6 Å². The Labute approximate surface area is 100 Å². The summed E-state index contributed by atoms with van der Waals surface area (Å²) in [6.07, 6.45) is 4.26. The number of halogens is 1. The molecule has 1 N–H and O–H groups in total. The van der Waals surface area contributed by atoms with Crippen molar-refractivity contribution in [2.24, 2.45) is 5.92 Å². The van der Waals surface area contributed by atoms with Gasteiger partial charge in [-0.15, -0.1) is 0 Å². The number of nitrogens with one attached hydrogen (secondary N) is 1. The van der Waals surface area contributed by atoms with Crippen molar-refractivity contribution >= 4 is 23.2 Å². The topological polar surface area (TPSA) is 42.0 Å². The molecule has 0 aromatic carbocycles. The molecule has 1 amide bonds. The van der Waals surface area contributed by atoms with Crippen LogP contribution < -0.4 is 5.32 Å². The zero-order chi connectivity index (χ0) is 11.5. The summed E-state index contributed by atoms with van der Waals surface area (Å²) in [6.45, 7) is 1.84. The van der Waals surface area contributed by atoms with Crippen molar-refractivity contribution in [3.05, 3.63) is 23.0 Å². The first-order chi connectivity index (χ1) is 7.65. The van der Waals surface area contributed by atoms with Crippen molar-refractivity contribution in [3.63, 3.8) is 0 Å². The van der Waals surface area contributed by atoms with Gasteiger partial charge in [-0.25, -0.2) is 4.98 Å². The van der Waals surface area contributed by atoms with E-state index in [0.717, 1.165) is 11.4 Å². The van der Waals surface area contributed by atoms with Gasteiger partial charge in [0.15, 0.2) is 0 Å². The lowest BCUT2D eigenvalue weighted by molar-refractivity contribution is -0.117. The third-order valence-corrected chi connectivity index (χ3v) is 3.24. The molecule has 0 aliphatic heterocycles. The van der Waals surface area contributed by atoms with Crippen molar-refractivity contribution in [1.29, 1.82) is 0 Å². The number of pyridine rings is 1. The first-order valence-corrected chi connectivity index (χ1v) is 5.96. The second-order valence-electron chi connectivity index (χ2n) is 4.32. The van der Waals surface area contributed by atoms with Gasteiger partial charge in [-0.3, -0.25) is 4.79 Å². The summed E-state index contributed by atoms with van der Waals surface area (Å²) < 4.78 is 0. The number of carbonyl (C=O) groups excluding carboxylic acids is 1. The Hall–Kier alpha value is -1.09. The Morgan fingerprint density at radius 2 is 2.31 bits per heavy atom. The van der Waals surface area contributed by atoms with Crippen LogP contribution in [0.1, 0.15) is 31.4 Å². The van der Waals surface area contributed by atoms with Crippen molar-refractivity contribution in [2.45, 2.75) is 32.6 Å². The first-order valence-electron chi connectivity index (χ1n) is 5.58. The molecule has 0 saturated heterocycles. The highest BCUT2D eigenvalue weighted by Gasteiger charge is 2.20. The van der Waals surface area contributed by atoms with Crippen LogP contribution >= 0.6 is 11.6 Å². The minimum atomic E-state index is 0.0805. The highest BCUT2D eigenvalue weighted by atomic mass is 35.5. The number of rotatable bonds is 3. The van der Waals surface area contributed by atoms with E-state index in [1.807, 2.05) is 6.92 Å². The molecule has 1 heterocycles. The van der Waals surface area contributed by atoms with E-state index in [0.29, 0.717) is 17.5 Å². The molecule has 1 aromatic heterocycles. The molecule has 16 heavy (non-hydrogen) atoms. The van der Waals surface area contributed by atoms with Gasteiger partial charge in [-0.1, -0.05) is 18.0 Å². The summed E-state index contributed by atoms with van der Waals surface area (Å²) in [5.41, 5.74) is 1.52. The van der Waals surface area contributed by atoms with Crippen molar-refractivity contribution in [1.82, 2.24) is 4.98 Å². The molecule has 3 nitrogen and oxygen atoms in total. The van der Waals surface area contributed by atoms with E-state index in [2.05, 4.69) is 10.3 Å². The average Bonchev–Trinajstić information content (AvgIpc) is 2.16. The molecule has 1 aliphatic carbocycles. The van der Waals surface area contributed by atoms with Crippen molar-refractivity contribution in [3.8, 4) is 0 Å². The lowest BCUT2D eigenvalue weighted by atomic mass is 9.83. The number of hydrogen-bond donors (Lipinski definition) is 1. The Morgan fingerprint density at radius 1 is 1.56 bits per heavy atom. The van der Waals surface area contributed by atoms with Gasteiger partial charge in [-0.05, 0) is 37.8 Å². The fraction of sp³-hybridized carbons (Fsp3) is 0.500. The van der Waals surface area contributed by atoms with Gasteiger partial charge in [0, 0.05) is 6.42 Å². The van der Waals surface area contributed by atoms with E-state index in [1.54, 1.807) is 12.1 Å². The summed E-state index contributed by atoms with van der Waals surface area (Å²) in [6, 6.07) is 3.48. The maximum absolute atomic E-state index is 11.7. The van der Waals surface area contributed by atoms with Crippen molar-refractivity contribution in [2.75, 3.05) is 5.32 Å². The number of aryl methyl sites for hydroxylation is 1. The molecule has 4 heteroatoms. The van der Waals surface area contributed by atoms with E-state index >= 15 is 0 Å². The van der Waals surface area contributed by atoms with Gasteiger partial charge in [0.05, 0.1) is 11.4 Å². The van der Waals surface area contributed by atoms with E-state index in [9.17, 15) is 4.79 Å². The van der Waals surface area contributed by atoms with Crippen LogP contribution in [0.25, 0.3) is 0 Å². The zero-order valence-electron chi connectivity index (χ0n) is 9.29. The minimum absolute atomic E-state index is 0.0805. The molecular weight excluding hydrogens is 224 g/mol. The lowest BCUT2D eigenvalue weighted by Gasteiger charge is -2.24. The smallest absolute Gasteiger partial charge is 0.224 e. The van der Waals surface area contributed by atoms with Gasteiger partial charge in [0.25, 0.3) is 0 Å². The molecule has 0 atom stereocenters. The zero-order valence-corrected chi connectivity index (χ0v) is 10.0. The van der Waals surface area contributed by atoms with Gasteiger partial charge in [0.2, 0.25) is 5.91 Å². The highest BCUT2D eigenvalue weighted by Crippen LogP contribution is 2.29. The molecular formula is C12H15ClN2O. The fourth-order valence-electron chi connectivity index (χ4n) is 1.82. The van der Waals surface area contributed by atoms with E-state index in [-0.39, 0.29) is 5.91 Å². The average molecular weight is 239 g/mol. The van der Waals surface area contributed by atoms with E-state index in [1.165, 1.54) is 19.3 Å². The van der Waals surface area contributed by atoms with Gasteiger partial charge >= 0.3 is 0 Å². The predicted octanol–water partition coefficient (Wildman–Crippen LogP) is 3.17. The molecule has 1 fully saturated rings. The predicted molar refractivity (Wildman–Crippen MR) is 64.6 cm³/mol. The molecule has 86 valence electrons. The summed E-state index contributed by atoms with van der Waals surface area (Å²) >= 11 is 5.75. The van der Waals surface area contributed by atoms with Crippen LogP contribution in [0.2, 0.25) is 5.15 Å². The molecule has 1 aromatic rings. The number of aromatic nitrogens is 1. The summed E-state index contributed by atoms with van der Waals surface area (Å²) in [5, 5.41) is 3.33. The van der Waals surface area contributed by atoms with Gasteiger partial charge < -0.3 is 5.32 Å². The third-order valence-electron chi connectivity index (χ3n) is 3.02. The standard InChI is InChI=1S/C12H15ClN2O/c1-8-10(5-6-11(13)14-8)15-12(16)7-9-3-2-4-9/h5-6,9H,2-4,7H2,1H3,(H,15,16). The maximum atomic E-state index is 11.7. The molecule has 1 aliphatic rings. The molecule has 0 radical (unpaired) electrons. The molecule has 2 rings (SSSR count). The fourth-order valence-corrected chi connectivity index (χ4v) is 2.01. The number of nitrogens with zero attached hydrogens (tertiary/aromatic N) is 1. The van der Waals surface area contributed by atoms with Crippen LogP contribution in [0, 0.1) is 12.8 Å². The lowest BCUT2D eigenvalue weighted by Crippen LogP contribution is -2.21. The Bertz CT molecular complexity index is 402. The quantitative estimate of drug-likeness (QED) is 0.822. The van der Waals surface area contributed by atoms with Crippen molar-refractivity contribution < 1.29 is 4.79 Å².